The van der Waals surface area contributed by atoms with Crippen LogP contribution in [0.4, 0.5) is 0 Å². The Morgan fingerprint density at radius 1 is 0.330 bits per heavy atom. The minimum absolute atomic E-state index is 0.104. The highest BCUT2D eigenvalue weighted by Crippen LogP contribution is 2.45. The highest BCUT2D eigenvalue weighted by Gasteiger charge is 2.30. The first kappa shape index (κ1) is 86.1. The van der Waals surface area contributed by atoms with Crippen molar-refractivity contribution in [3.05, 3.63) is 0 Å². The third-order valence-corrected chi connectivity index (χ3v) is 18.1. The summed E-state index contributed by atoms with van der Waals surface area (Å²) >= 11 is 0. The van der Waals surface area contributed by atoms with Crippen molar-refractivity contribution in [1.82, 2.24) is 0 Å². The molecule has 6 atom stereocenters. The number of carbonyl (C=O) groups is 4. The lowest BCUT2D eigenvalue weighted by atomic mass is 9.99. The predicted octanol–water partition coefficient (Wildman–Crippen LogP) is 19.5. The summed E-state index contributed by atoms with van der Waals surface area (Å²) in [7, 11) is -9.90. The van der Waals surface area contributed by atoms with Gasteiger partial charge in [0.05, 0.1) is 26.4 Å². The summed E-state index contributed by atoms with van der Waals surface area (Å²) in [6.45, 7) is 11.8. The Kier molecular flexibility index (Phi) is 58.7. The van der Waals surface area contributed by atoms with Crippen molar-refractivity contribution in [2.24, 2.45) is 17.8 Å². The number of ether oxygens (including phenoxy) is 4. The van der Waals surface area contributed by atoms with E-state index in [4.69, 9.17) is 37.0 Å². The van der Waals surface area contributed by atoms with Crippen molar-refractivity contribution in [3.8, 4) is 0 Å². The minimum Gasteiger partial charge on any atom is -0.462 e. The number of phosphoric acid groups is 2. The van der Waals surface area contributed by atoms with Crippen LogP contribution in [0.2, 0.25) is 0 Å². The molecule has 19 heteroatoms. The minimum atomic E-state index is -4.95. The zero-order chi connectivity index (χ0) is 65.2. The fourth-order valence-electron chi connectivity index (χ4n) is 10.3. The van der Waals surface area contributed by atoms with Crippen LogP contribution in [-0.2, 0) is 65.4 Å². The zero-order valence-electron chi connectivity index (χ0n) is 57.2. The van der Waals surface area contributed by atoms with Crippen LogP contribution in [0, 0.1) is 17.8 Å². The van der Waals surface area contributed by atoms with E-state index in [2.05, 4.69) is 48.5 Å². The van der Waals surface area contributed by atoms with Crippen molar-refractivity contribution in [1.29, 1.82) is 0 Å². The lowest BCUT2D eigenvalue weighted by Gasteiger charge is -2.21. The fraction of sp³-hybridized carbons (Fsp3) is 0.942. The molecule has 0 fully saturated rings. The molecule has 0 aliphatic carbocycles. The summed E-state index contributed by atoms with van der Waals surface area (Å²) in [6, 6.07) is 0. The first-order valence-electron chi connectivity index (χ1n) is 35.9. The summed E-state index contributed by atoms with van der Waals surface area (Å²) in [5.74, 6) is 0.0976. The van der Waals surface area contributed by atoms with Crippen molar-refractivity contribution in [2.75, 3.05) is 39.6 Å². The van der Waals surface area contributed by atoms with Crippen LogP contribution in [0.15, 0.2) is 0 Å². The van der Waals surface area contributed by atoms with Crippen molar-refractivity contribution in [2.45, 2.75) is 362 Å². The highest BCUT2D eigenvalue weighted by atomic mass is 31.2. The Morgan fingerprint density at radius 2 is 0.580 bits per heavy atom. The van der Waals surface area contributed by atoms with Crippen molar-refractivity contribution in [3.63, 3.8) is 0 Å². The molecule has 88 heavy (non-hydrogen) atoms. The quantitative estimate of drug-likeness (QED) is 0.0222. The summed E-state index contributed by atoms with van der Waals surface area (Å²) < 4.78 is 68.2. The molecular weight excluding hydrogens is 1160 g/mol. The lowest BCUT2D eigenvalue weighted by Crippen LogP contribution is -2.30. The van der Waals surface area contributed by atoms with Crippen LogP contribution in [0.1, 0.15) is 344 Å². The number of rotatable bonds is 67. The van der Waals surface area contributed by atoms with E-state index < -0.39 is 97.5 Å². The van der Waals surface area contributed by atoms with Crippen LogP contribution < -0.4 is 0 Å². The predicted molar refractivity (Wildman–Crippen MR) is 354 cm³/mol. The second-order valence-electron chi connectivity index (χ2n) is 26.1. The Hall–Kier alpha value is -1.94. The monoisotopic (exact) mass is 1300 g/mol. The molecule has 3 unspecified atom stereocenters. The Balaban J connectivity index is 5.26. The third-order valence-electron chi connectivity index (χ3n) is 16.2. The number of hydrogen-bond acceptors (Lipinski definition) is 15. The molecule has 0 saturated carbocycles. The molecule has 17 nitrogen and oxygen atoms in total. The molecule has 0 aromatic heterocycles. The molecule has 0 rings (SSSR count). The Labute approximate surface area is 537 Å². The lowest BCUT2D eigenvalue weighted by molar-refractivity contribution is -0.161. The summed E-state index contributed by atoms with van der Waals surface area (Å²) in [5, 5.41) is 10.6. The normalized spacial score (nSPS) is 14.5. The fourth-order valence-corrected chi connectivity index (χ4v) is 11.9. The van der Waals surface area contributed by atoms with Crippen LogP contribution >= 0.6 is 15.6 Å². The third kappa shape index (κ3) is 61.6. The van der Waals surface area contributed by atoms with Gasteiger partial charge in [-0.2, -0.15) is 0 Å². The number of carbonyl (C=O) groups excluding carboxylic acids is 4. The molecule has 0 aromatic carbocycles. The molecule has 0 aliphatic rings. The van der Waals surface area contributed by atoms with E-state index in [1.807, 2.05) is 0 Å². The van der Waals surface area contributed by atoms with Gasteiger partial charge >= 0.3 is 39.5 Å². The molecule has 0 bridgehead atoms. The van der Waals surface area contributed by atoms with Gasteiger partial charge in [0.1, 0.15) is 19.3 Å². The number of phosphoric ester groups is 2. The Morgan fingerprint density at radius 3 is 0.864 bits per heavy atom. The second kappa shape index (κ2) is 60.0. The second-order valence-corrected chi connectivity index (χ2v) is 29.0. The molecule has 522 valence electrons. The van der Waals surface area contributed by atoms with Gasteiger partial charge in [-0.1, -0.05) is 292 Å². The maximum absolute atomic E-state index is 13.0. The van der Waals surface area contributed by atoms with Crippen LogP contribution in [0.5, 0.6) is 0 Å². The van der Waals surface area contributed by atoms with Crippen molar-refractivity contribution >= 4 is 39.5 Å². The van der Waals surface area contributed by atoms with E-state index in [1.54, 1.807) is 0 Å². The molecular formula is C69H134O17P2. The van der Waals surface area contributed by atoms with Gasteiger partial charge in [-0.3, -0.25) is 37.3 Å². The van der Waals surface area contributed by atoms with E-state index in [9.17, 15) is 43.2 Å². The van der Waals surface area contributed by atoms with Gasteiger partial charge in [-0.05, 0) is 43.4 Å². The van der Waals surface area contributed by atoms with E-state index >= 15 is 0 Å². The number of unbranched alkanes of at least 4 members (excludes halogenated alkanes) is 34. The number of hydrogen-bond donors (Lipinski definition) is 3. The van der Waals surface area contributed by atoms with Crippen molar-refractivity contribution < 1.29 is 80.2 Å². The highest BCUT2D eigenvalue weighted by molar-refractivity contribution is 7.47. The maximum Gasteiger partial charge on any atom is 0.472 e. The van der Waals surface area contributed by atoms with Gasteiger partial charge in [0.2, 0.25) is 0 Å². The van der Waals surface area contributed by atoms with Gasteiger partial charge in [0.15, 0.2) is 12.2 Å². The molecule has 0 amide bonds. The van der Waals surface area contributed by atoms with E-state index in [-0.39, 0.29) is 25.7 Å². The van der Waals surface area contributed by atoms with Crippen LogP contribution in [0.25, 0.3) is 0 Å². The molecule has 0 heterocycles. The Bertz CT molecular complexity index is 1730. The first-order valence-corrected chi connectivity index (χ1v) is 38.9. The van der Waals surface area contributed by atoms with Gasteiger partial charge in [0.25, 0.3) is 0 Å². The summed E-state index contributed by atoms with van der Waals surface area (Å²) in [5.41, 5.74) is 0. The molecule has 0 saturated heterocycles. The number of aliphatic hydroxyl groups is 1. The number of esters is 4. The molecule has 3 N–H and O–H groups in total. The standard InChI is InChI=1S/C69H134O17P2/c1-8-10-11-12-13-14-15-16-17-21-29-36-43-50-66(71)79-56-64(85-68(73)52-45-38-30-22-19-18-20-26-33-40-47-60(3)4)58-83-87(75,76)81-54-63(70)55-82-88(77,78)84-59-65(57-80-67(72)51-44-37-32-25-27-34-41-48-61(5)6)86-69(74)53-46-39-31-24-23-28-35-42-49-62(7)9-2/h60-65,70H,8-59H2,1-7H3,(H,75,76)(H,77,78)/t62?,63-,64-,65-/m1/s1. The van der Waals surface area contributed by atoms with E-state index in [1.165, 1.54) is 148 Å². The van der Waals surface area contributed by atoms with Gasteiger partial charge in [-0.25, -0.2) is 9.13 Å². The van der Waals surface area contributed by atoms with E-state index in [0.29, 0.717) is 31.6 Å². The summed E-state index contributed by atoms with van der Waals surface area (Å²) in [6.07, 6.45) is 43.0. The van der Waals surface area contributed by atoms with Gasteiger partial charge < -0.3 is 33.8 Å². The topological polar surface area (TPSA) is 237 Å². The first-order chi connectivity index (χ1) is 42.3. The molecule has 0 aliphatic heterocycles. The molecule has 0 spiro atoms. The average Bonchev–Trinajstić information content (AvgIpc) is 3.33. The van der Waals surface area contributed by atoms with E-state index in [0.717, 1.165) is 108 Å². The number of aliphatic hydroxyl groups excluding tert-OH is 1. The molecule has 0 aromatic rings. The van der Waals surface area contributed by atoms with Gasteiger partial charge in [0, 0.05) is 25.7 Å². The van der Waals surface area contributed by atoms with Gasteiger partial charge in [-0.15, -0.1) is 0 Å². The maximum atomic E-state index is 13.0. The SMILES string of the molecule is CCCCCCCCCCCCCCCC(=O)OC[C@H](COP(=O)(O)OC[C@@H](O)COP(=O)(O)OC[C@@H](COC(=O)CCCCCCCCCC(C)C)OC(=O)CCCCCCCCCCC(C)CC)OC(=O)CCCCCCCCCCCCC(C)C. The smallest absolute Gasteiger partial charge is 0.462 e. The zero-order valence-corrected chi connectivity index (χ0v) is 59.0. The summed E-state index contributed by atoms with van der Waals surface area (Å²) in [4.78, 5) is 72.5. The largest absolute Gasteiger partial charge is 0.472 e. The molecule has 0 radical (unpaired) electrons. The van der Waals surface area contributed by atoms with Crippen LogP contribution in [0.3, 0.4) is 0 Å². The van der Waals surface area contributed by atoms with Crippen LogP contribution in [-0.4, -0.2) is 96.7 Å². The average molecular weight is 1300 g/mol.